The molecule has 1 atom stereocenters. The van der Waals surface area contributed by atoms with E-state index in [0.717, 1.165) is 0 Å². The Morgan fingerprint density at radius 3 is 1.95 bits per heavy atom. The maximum absolute atomic E-state index is 12.4. The van der Waals surface area contributed by atoms with Gasteiger partial charge < -0.3 is 4.52 Å². The molecule has 0 aliphatic heterocycles. The molecule has 0 radical (unpaired) electrons. The van der Waals surface area contributed by atoms with Crippen LogP contribution in [0.1, 0.15) is 27.7 Å². The van der Waals surface area contributed by atoms with Crippen molar-refractivity contribution in [3.8, 4) is 0 Å². The fraction of sp³-hybridized carbons (Fsp3) is 1.00. The molecule has 0 aromatic heterocycles. The van der Waals surface area contributed by atoms with Crippen LogP contribution in [0, 0.1) is 0 Å². The topological polar surface area (TPSA) is 73.9 Å². The van der Waals surface area contributed by atoms with Crippen LogP contribution in [0.3, 0.4) is 0 Å². The molecule has 1 N–H and O–H groups in total. The van der Waals surface area contributed by atoms with Gasteiger partial charge in [-0.1, -0.05) is 11.4 Å². The lowest BCUT2D eigenvalue weighted by Crippen LogP contribution is -2.21. The number of hydrogen-bond donors (Lipinski definition) is 1. The summed E-state index contributed by atoms with van der Waals surface area (Å²) < 4.78 is 39.5. The highest BCUT2D eigenvalue weighted by atomic mass is 32.7. The molecule has 6 nitrogen and oxygen atoms in total. The lowest BCUT2D eigenvalue weighted by Gasteiger charge is -2.23. The molecule has 0 fully saturated rings. The second kappa shape index (κ2) is 8.83. The molecule has 1 unspecified atom stereocenters. The largest absolute Gasteiger partial charge is 0.406 e. The summed E-state index contributed by atoms with van der Waals surface area (Å²) in [7, 11) is -1.90. The summed E-state index contributed by atoms with van der Waals surface area (Å²) in [6.45, 7) is 6.47. The normalized spacial score (nSPS) is 16.0. The van der Waals surface area contributed by atoms with E-state index in [1.165, 1.54) is 18.5 Å². The van der Waals surface area contributed by atoms with E-state index < -0.39 is 14.3 Å². The highest BCUT2D eigenvalue weighted by Gasteiger charge is 2.27. The van der Waals surface area contributed by atoms with E-state index in [4.69, 9.17) is 13.6 Å². The van der Waals surface area contributed by atoms with Gasteiger partial charge in [0, 0.05) is 26.1 Å². The molecular weight excluding hydrogens is 308 g/mol. The van der Waals surface area contributed by atoms with Crippen molar-refractivity contribution < 1.29 is 22.7 Å². The Hall–Kier alpha value is 0.650. The first kappa shape index (κ1) is 19.7. The standard InChI is InChI=1S/C10H25NO5P2S/c1-9(2)15-18(13,16-10(3)4)11-7-8-19-17(6,12)14-5/h9-10H,7-8H2,1-6H3,(H,11,13). The molecule has 0 saturated heterocycles. The first-order valence-electron chi connectivity index (χ1n) is 6.10. The SMILES string of the molecule is COP(C)(=O)SCCNP(=O)(OC(C)C)OC(C)C. The van der Waals surface area contributed by atoms with Crippen molar-refractivity contribution in [1.82, 2.24) is 5.09 Å². The monoisotopic (exact) mass is 333 g/mol. The van der Waals surface area contributed by atoms with Crippen LogP contribution in [-0.2, 0) is 22.7 Å². The lowest BCUT2D eigenvalue weighted by atomic mass is 10.5. The van der Waals surface area contributed by atoms with Crippen molar-refractivity contribution in [1.29, 1.82) is 0 Å². The summed E-state index contributed by atoms with van der Waals surface area (Å²) in [6.07, 6.45) is -0.415. The highest BCUT2D eigenvalue weighted by Crippen LogP contribution is 2.55. The van der Waals surface area contributed by atoms with Gasteiger partial charge in [-0.15, -0.1) is 0 Å². The Balaban J connectivity index is 4.28. The van der Waals surface area contributed by atoms with Crippen LogP contribution in [0.4, 0.5) is 0 Å². The van der Waals surface area contributed by atoms with Gasteiger partial charge in [-0.2, -0.15) is 0 Å². The van der Waals surface area contributed by atoms with Gasteiger partial charge >= 0.3 is 7.75 Å². The molecule has 0 amide bonds. The predicted molar refractivity (Wildman–Crippen MR) is 81.0 cm³/mol. The zero-order chi connectivity index (χ0) is 15.1. The van der Waals surface area contributed by atoms with E-state index in [1.807, 2.05) is 0 Å². The maximum Gasteiger partial charge on any atom is 0.406 e. The number of nitrogens with one attached hydrogen (secondary N) is 1. The van der Waals surface area contributed by atoms with Gasteiger partial charge in [0.1, 0.15) is 0 Å². The average molecular weight is 333 g/mol. The number of hydrogen-bond acceptors (Lipinski definition) is 6. The molecule has 0 aliphatic rings. The van der Waals surface area contributed by atoms with E-state index in [2.05, 4.69) is 5.09 Å². The van der Waals surface area contributed by atoms with Crippen LogP contribution in [0.15, 0.2) is 0 Å². The summed E-state index contributed by atoms with van der Waals surface area (Å²) in [4.78, 5) is 0. The average Bonchev–Trinajstić information content (AvgIpc) is 2.22. The zero-order valence-electron chi connectivity index (χ0n) is 12.4. The van der Waals surface area contributed by atoms with Crippen LogP contribution < -0.4 is 5.09 Å². The Morgan fingerprint density at radius 1 is 1.11 bits per heavy atom. The Labute approximate surface area is 120 Å². The first-order chi connectivity index (χ1) is 8.60. The van der Waals surface area contributed by atoms with Crippen molar-refractivity contribution in [2.45, 2.75) is 39.9 Å². The zero-order valence-corrected chi connectivity index (χ0v) is 15.0. The molecule has 0 heterocycles. The van der Waals surface area contributed by atoms with E-state index in [0.29, 0.717) is 12.3 Å². The molecule has 0 rings (SSSR count). The van der Waals surface area contributed by atoms with Gasteiger partial charge in [-0.3, -0.25) is 13.6 Å². The number of rotatable bonds is 10. The van der Waals surface area contributed by atoms with Crippen molar-refractivity contribution in [2.24, 2.45) is 0 Å². The van der Waals surface area contributed by atoms with E-state index >= 15 is 0 Å². The Bertz CT molecular complexity index is 337. The maximum atomic E-state index is 12.4. The smallest absolute Gasteiger partial charge is 0.325 e. The fourth-order valence-electron chi connectivity index (χ4n) is 1.10. The third kappa shape index (κ3) is 10.1. The Morgan fingerprint density at radius 2 is 1.58 bits per heavy atom. The molecule has 19 heavy (non-hydrogen) atoms. The van der Waals surface area contributed by atoms with Gasteiger partial charge in [-0.25, -0.2) is 9.65 Å². The van der Waals surface area contributed by atoms with Crippen LogP contribution in [0.25, 0.3) is 0 Å². The van der Waals surface area contributed by atoms with Gasteiger partial charge in [-0.05, 0) is 27.7 Å². The molecule has 0 aromatic rings. The summed E-state index contributed by atoms with van der Waals surface area (Å²) >= 11 is 1.20. The Kier molecular flexibility index (Phi) is 9.13. The molecule has 9 heteroatoms. The molecular formula is C10H25NO5P2S. The quantitative estimate of drug-likeness (QED) is 0.482. The first-order valence-corrected chi connectivity index (χ1v) is 11.3. The van der Waals surface area contributed by atoms with Crippen molar-refractivity contribution in [3.63, 3.8) is 0 Å². The molecule has 0 spiro atoms. The second-order valence-electron chi connectivity index (χ2n) is 4.50. The van der Waals surface area contributed by atoms with E-state index in [1.54, 1.807) is 34.4 Å². The van der Waals surface area contributed by atoms with E-state index in [9.17, 15) is 9.13 Å². The third-order valence-electron chi connectivity index (χ3n) is 1.76. The molecule has 0 aliphatic carbocycles. The van der Waals surface area contributed by atoms with Crippen LogP contribution in [0.5, 0.6) is 0 Å². The van der Waals surface area contributed by atoms with Crippen molar-refractivity contribution in [3.05, 3.63) is 0 Å². The van der Waals surface area contributed by atoms with Gasteiger partial charge in [0.05, 0.1) is 12.2 Å². The minimum Gasteiger partial charge on any atom is -0.325 e. The van der Waals surface area contributed by atoms with Crippen LogP contribution in [0.2, 0.25) is 0 Å². The van der Waals surface area contributed by atoms with Gasteiger partial charge in [0.25, 0.3) is 6.57 Å². The molecule has 0 aromatic carbocycles. The molecule has 0 saturated carbocycles. The summed E-state index contributed by atoms with van der Waals surface area (Å²) in [5.74, 6) is 0.495. The molecule has 116 valence electrons. The fourth-order valence-corrected chi connectivity index (χ4v) is 5.16. The predicted octanol–water partition coefficient (Wildman–Crippen LogP) is 3.74. The molecule has 0 bridgehead atoms. The van der Waals surface area contributed by atoms with Gasteiger partial charge in [0.15, 0.2) is 0 Å². The summed E-state index contributed by atoms with van der Waals surface area (Å²) in [6, 6.07) is 0. The lowest BCUT2D eigenvalue weighted by molar-refractivity contribution is 0.136. The third-order valence-corrected chi connectivity index (χ3v) is 7.69. The van der Waals surface area contributed by atoms with E-state index in [-0.39, 0.29) is 12.2 Å². The van der Waals surface area contributed by atoms with Crippen molar-refractivity contribution >= 4 is 25.7 Å². The minimum absolute atomic E-state index is 0.207. The van der Waals surface area contributed by atoms with Crippen molar-refractivity contribution in [2.75, 3.05) is 26.1 Å². The van der Waals surface area contributed by atoms with Gasteiger partial charge in [0.2, 0.25) is 0 Å². The summed E-state index contributed by atoms with van der Waals surface area (Å²) in [5.41, 5.74) is 0. The van der Waals surface area contributed by atoms with Crippen LogP contribution in [-0.4, -0.2) is 38.3 Å². The van der Waals surface area contributed by atoms with Crippen LogP contribution >= 0.6 is 25.7 Å². The minimum atomic E-state index is -3.32. The second-order valence-corrected chi connectivity index (χ2v) is 11.6. The summed E-state index contributed by atoms with van der Waals surface area (Å²) in [5, 5.41) is 2.77. The highest BCUT2D eigenvalue weighted by molar-refractivity contribution is 8.56.